The number of phosphoric acid groups is 1. The zero-order valence-corrected chi connectivity index (χ0v) is 29.6. The number of phosphoric ester groups is 1. The van der Waals surface area contributed by atoms with Crippen LogP contribution in [0.5, 0.6) is 0 Å². The zero-order valence-electron chi connectivity index (χ0n) is 28.7. The Morgan fingerprint density at radius 1 is 1.04 bits per heavy atom. The van der Waals surface area contributed by atoms with Crippen molar-refractivity contribution in [1.82, 2.24) is 36.1 Å². The normalized spacial score (nSPS) is 18.4. The molecule has 1 fully saturated rings. The first kappa shape index (κ1) is 42.7. The van der Waals surface area contributed by atoms with E-state index in [1.165, 1.54) is 24.3 Å². The highest BCUT2D eigenvalue weighted by molar-refractivity contribution is 7.47. The van der Waals surface area contributed by atoms with Gasteiger partial charge in [-0.1, -0.05) is 13.8 Å². The monoisotopic (exact) mass is 746 g/mol. The predicted octanol–water partition coefficient (Wildman–Crippen LogP) is -2.58. The topological polar surface area (TPSA) is 322 Å². The summed E-state index contributed by atoms with van der Waals surface area (Å²) in [6.07, 6.45) is 1.49. The molecular weight excluding hydrogens is 699 g/mol. The van der Waals surface area contributed by atoms with Crippen LogP contribution in [0.4, 0.5) is 0 Å². The summed E-state index contributed by atoms with van der Waals surface area (Å²) in [5, 5.41) is 28.3. The molecule has 0 spiro atoms. The number of nitrogens with one attached hydrogen (secondary N) is 5. The van der Waals surface area contributed by atoms with E-state index in [0.29, 0.717) is 25.1 Å². The Kier molecular flexibility index (Phi) is 16.6. The van der Waals surface area contributed by atoms with Crippen molar-refractivity contribution < 1.29 is 62.3 Å². The van der Waals surface area contributed by atoms with E-state index in [0.717, 1.165) is 6.92 Å². The van der Waals surface area contributed by atoms with Crippen molar-refractivity contribution in [2.75, 3.05) is 19.8 Å². The average Bonchev–Trinajstić information content (AvgIpc) is 3.73. The van der Waals surface area contributed by atoms with Crippen molar-refractivity contribution in [2.24, 2.45) is 11.7 Å². The van der Waals surface area contributed by atoms with Gasteiger partial charge >= 0.3 is 13.8 Å². The molecule has 51 heavy (non-hydrogen) atoms. The highest BCUT2D eigenvalue weighted by Crippen LogP contribution is 2.45. The predicted molar refractivity (Wildman–Crippen MR) is 175 cm³/mol. The van der Waals surface area contributed by atoms with E-state index in [9.17, 15) is 48.1 Å². The molecule has 7 atom stereocenters. The van der Waals surface area contributed by atoms with E-state index in [-0.39, 0.29) is 24.7 Å². The van der Waals surface area contributed by atoms with Crippen LogP contribution in [0.1, 0.15) is 59.1 Å². The number of likely N-dealkylation sites (tertiary alicyclic amines) is 1. The lowest BCUT2D eigenvalue weighted by Gasteiger charge is -2.28. The second-order valence-electron chi connectivity index (χ2n) is 12.3. The second-order valence-corrected chi connectivity index (χ2v) is 13.7. The number of amides is 6. The Morgan fingerprint density at radius 3 is 2.22 bits per heavy atom. The average molecular weight is 747 g/mol. The van der Waals surface area contributed by atoms with Crippen LogP contribution in [-0.4, -0.2) is 127 Å². The maximum atomic E-state index is 13.6. The Morgan fingerprint density at radius 2 is 1.67 bits per heavy atom. The Labute approximate surface area is 293 Å². The lowest BCUT2D eigenvalue weighted by molar-refractivity contribution is -0.139. The third kappa shape index (κ3) is 14.0. The van der Waals surface area contributed by atoms with Crippen molar-refractivity contribution in [2.45, 2.75) is 96.1 Å². The molecule has 0 bridgehead atoms. The minimum absolute atomic E-state index is 0.0866. The van der Waals surface area contributed by atoms with Crippen LogP contribution >= 0.6 is 7.82 Å². The summed E-state index contributed by atoms with van der Waals surface area (Å²) >= 11 is 0. The summed E-state index contributed by atoms with van der Waals surface area (Å²) in [4.78, 5) is 106. The van der Waals surface area contributed by atoms with Gasteiger partial charge in [-0.2, -0.15) is 0 Å². The van der Waals surface area contributed by atoms with Gasteiger partial charge in [-0.05, 0) is 32.1 Å². The fourth-order valence-electron chi connectivity index (χ4n) is 5.17. The van der Waals surface area contributed by atoms with Gasteiger partial charge in [0.25, 0.3) is 0 Å². The van der Waals surface area contributed by atoms with E-state index >= 15 is 0 Å². The molecule has 1 aliphatic heterocycles. The van der Waals surface area contributed by atoms with Crippen molar-refractivity contribution in [3.63, 3.8) is 0 Å². The molecule has 1 saturated heterocycles. The molecule has 1 aliphatic rings. The molecule has 0 aromatic carbocycles. The van der Waals surface area contributed by atoms with Gasteiger partial charge in [0.1, 0.15) is 30.2 Å². The number of nitrogens with two attached hydrogens (primary N) is 1. The van der Waals surface area contributed by atoms with E-state index in [2.05, 4.69) is 35.8 Å². The molecule has 0 radical (unpaired) electrons. The molecule has 1 aromatic heterocycles. The summed E-state index contributed by atoms with van der Waals surface area (Å²) in [6.45, 7) is 4.75. The molecule has 1 aromatic rings. The fourth-order valence-corrected chi connectivity index (χ4v) is 6.10. The molecule has 286 valence electrons. The Hall–Kier alpha value is -4.43. The number of hydrogen-bond acceptors (Lipinski definition) is 12. The molecule has 0 saturated carbocycles. The number of imidazole rings is 1. The number of aliphatic hydroxyl groups is 1. The van der Waals surface area contributed by atoms with Crippen molar-refractivity contribution in [3.8, 4) is 0 Å². The fraction of sp³-hybridized carbons (Fsp3) is 0.655. The number of nitrogens with zero attached hydrogens (tertiary/aromatic N) is 2. The highest BCUT2D eigenvalue weighted by Gasteiger charge is 2.37. The Bertz CT molecular complexity index is 1440. The van der Waals surface area contributed by atoms with Gasteiger partial charge in [0.15, 0.2) is 0 Å². The van der Waals surface area contributed by atoms with Gasteiger partial charge in [0, 0.05) is 31.8 Å². The Balaban J connectivity index is 2.20. The van der Waals surface area contributed by atoms with Crippen LogP contribution in [0, 0.1) is 5.92 Å². The number of aromatic nitrogens is 2. The molecule has 0 aliphatic carbocycles. The molecule has 10 N–H and O–H groups in total. The summed E-state index contributed by atoms with van der Waals surface area (Å²) in [5.74, 6) is -6.34. The van der Waals surface area contributed by atoms with Crippen LogP contribution in [-0.2, 0) is 53.6 Å². The van der Waals surface area contributed by atoms with Gasteiger partial charge in [-0.15, -0.1) is 0 Å². The number of carboxylic acid groups (broad SMARTS) is 1. The van der Waals surface area contributed by atoms with Crippen LogP contribution in [0.25, 0.3) is 0 Å². The number of aliphatic carboxylic acids is 1. The van der Waals surface area contributed by atoms with E-state index in [1.807, 2.05) is 13.8 Å². The van der Waals surface area contributed by atoms with E-state index in [1.54, 1.807) is 0 Å². The minimum atomic E-state index is -4.92. The molecule has 2 rings (SSSR count). The maximum Gasteiger partial charge on any atom is 0.472 e. The third-order valence-electron chi connectivity index (χ3n) is 7.67. The number of H-pyrrole nitrogens is 1. The van der Waals surface area contributed by atoms with Crippen molar-refractivity contribution in [3.05, 3.63) is 18.2 Å². The number of aliphatic hydroxyl groups excluding tert-OH is 1. The summed E-state index contributed by atoms with van der Waals surface area (Å²) in [5.41, 5.74) is 5.74. The number of carboxylic acids is 1. The maximum absolute atomic E-state index is 13.6. The van der Waals surface area contributed by atoms with Gasteiger partial charge in [-0.3, -0.25) is 42.6 Å². The quantitative estimate of drug-likeness (QED) is 0.0584. The molecule has 2 heterocycles. The van der Waals surface area contributed by atoms with Crippen molar-refractivity contribution >= 4 is 49.2 Å². The smallest absolute Gasteiger partial charge is 0.472 e. The number of hydrogen-bond donors (Lipinski definition) is 9. The van der Waals surface area contributed by atoms with Crippen LogP contribution in [0.15, 0.2) is 12.5 Å². The number of aromatic amines is 1. The lowest BCUT2D eigenvalue weighted by atomic mass is 10.0. The van der Waals surface area contributed by atoms with Crippen LogP contribution in [0.2, 0.25) is 0 Å². The highest BCUT2D eigenvalue weighted by atomic mass is 31.2. The van der Waals surface area contributed by atoms with Crippen LogP contribution in [0.3, 0.4) is 0 Å². The first-order valence-corrected chi connectivity index (χ1v) is 17.6. The van der Waals surface area contributed by atoms with Gasteiger partial charge < -0.3 is 52.0 Å². The van der Waals surface area contributed by atoms with Crippen LogP contribution < -0.4 is 27.0 Å². The number of rotatable bonds is 21. The van der Waals surface area contributed by atoms with Crippen molar-refractivity contribution in [1.29, 1.82) is 0 Å². The van der Waals surface area contributed by atoms with E-state index in [4.69, 9.17) is 15.4 Å². The first-order valence-electron chi connectivity index (χ1n) is 16.1. The lowest BCUT2D eigenvalue weighted by Crippen LogP contribution is -2.61. The van der Waals surface area contributed by atoms with E-state index < -0.39 is 99.3 Å². The standard InChI is InChI=1S/C29H47N8O13P/c1-15(2)10-19(34-29(46)22-6-5-8-37(22)17(4)39)26(43)33-20(11-18-12-31-14-32-18)27(44)35-21(13-38)28(45)36-24(25(30)42)16(3)50-51(47,48)49-9-7-23(40)41/h12,14-16,19-22,24,38H,5-11,13H2,1-4H3,(H2,30,42)(H,31,32)(H,33,43)(H,34,46)(H,35,44)(H,36,45)(H,40,41)(H,47,48)/t16-,19+,20+,21+,22+,24+/m1/s1. The third-order valence-corrected chi connectivity index (χ3v) is 8.78. The van der Waals surface area contributed by atoms with Gasteiger partial charge in [0.2, 0.25) is 35.4 Å². The zero-order chi connectivity index (χ0) is 38.5. The molecule has 1 unspecified atom stereocenters. The number of carbonyl (C=O) groups is 7. The molecule has 6 amide bonds. The van der Waals surface area contributed by atoms with Gasteiger partial charge in [-0.25, -0.2) is 9.55 Å². The summed E-state index contributed by atoms with van der Waals surface area (Å²) in [6, 6.07) is -6.82. The molecular formula is C29H47N8O13P. The minimum Gasteiger partial charge on any atom is -0.481 e. The molecule has 22 heteroatoms. The summed E-state index contributed by atoms with van der Waals surface area (Å²) < 4.78 is 21.6. The number of carbonyl (C=O) groups excluding carboxylic acids is 6. The largest absolute Gasteiger partial charge is 0.481 e. The number of primary amides is 1. The SMILES string of the molecule is CC(=O)N1CCC[C@H]1C(=O)N[C@@H](CC(C)C)C(=O)N[C@@H](Cc1cnc[nH]1)C(=O)N[C@@H](CO)C(=O)N[C@H](C(N)=O)[C@@H](C)OP(=O)(O)OCCC(=O)O. The first-order chi connectivity index (χ1) is 23.8. The summed E-state index contributed by atoms with van der Waals surface area (Å²) in [7, 11) is -4.92. The van der Waals surface area contributed by atoms with Gasteiger partial charge in [0.05, 0.1) is 32.1 Å². The second kappa shape index (κ2) is 19.8. The molecule has 21 nitrogen and oxygen atoms in total.